The molecule has 3 heteroatoms. The average molecular weight is 265 g/mol. The van der Waals surface area contributed by atoms with E-state index in [1.807, 2.05) is 14.1 Å². The first kappa shape index (κ1) is 10.5. The van der Waals surface area contributed by atoms with E-state index in [0.717, 1.165) is 5.69 Å². The molecule has 0 spiro atoms. The molecule has 0 aliphatic rings. The Bertz CT molecular complexity index is 443. The molecule has 0 unspecified atom stereocenters. The van der Waals surface area contributed by atoms with Crippen molar-refractivity contribution in [2.45, 2.75) is 6.92 Å². The maximum absolute atomic E-state index is 4.62. The van der Waals surface area contributed by atoms with Crippen molar-refractivity contribution in [2.75, 3.05) is 19.0 Å². The number of anilines is 1. The molecule has 0 aliphatic carbocycles. The van der Waals surface area contributed by atoms with Crippen LogP contribution in [-0.4, -0.2) is 33.6 Å². The molecule has 78 valence electrons. The van der Waals surface area contributed by atoms with Crippen molar-refractivity contribution in [3.8, 4) is 11.3 Å². The second-order valence-electron chi connectivity index (χ2n) is 3.78. The van der Waals surface area contributed by atoms with Crippen LogP contribution in [-0.2, 0) is 0 Å². The van der Waals surface area contributed by atoms with Crippen LogP contribution >= 0.6 is 0 Å². The quantitative estimate of drug-likeness (QED) is 0.774. The molecule has 0 saturated carbocycles. The van der Waals surface area contributed by atoms with Crippen LogP contribution in [0.15, 0.2) is 29.2 Å². The van der Waals surface area contributed by atoms with Gasteiger partial charge in [-0.2, -0.15) is 0 Å². The zero-order valence-electron chi connectivity index (χ0n) is 9.19. The van der Waals surface area contributed by atoms with Crippen molar-refractivity contribution in [1.29, 1.82) is 0 Å². The van der Waals surface area contributed by atoms with Gasteiger partial charge in [-0.05, 0) is 0 Å². The van der Waals surface area contributed by atoms with Gasteiger partial charge in [0.2, 0.25) is 0 Å². The van der Waals surface area contributed by atoms with E-state index in [9.17, 15) is 0 Å². The Hall–Kier alpha value is -1.05. The molecule has 0 radical (unpaired) electrons. The van der Waals surface area contributed by atoms with Gasteiger partial charge in [-0.15, -0.1) is 0 Å². The van der Waals surface area contributed by atoms with Crippen molar-refractivity contribution < 1.29 is 0 Å². The molecule has 15 heavy (non-hydrogen) atoms. The Morgan fingerprint density at radius 1 is 1.13 bits per heavy atom. The zero-order valence-corrected chi connectivity index (χ0v) is 10.9. The summed E-state index contributed by atoms with van der Waals surface area (Å²) in [5.74, 6) is 0. The summed E-state index contributed by atoms with van der Waals surface area (Å²) in [7, 11) is 4.10. The van der Waals surface area contributed by atoms with E-state index in [0.29, 0.717) is 14.5 Å². The van der Waals surface area contributed by atoms with Crippen LogP contribution in [0.4, 0.5) is 4.69 Å². The molecule has 1 aromatic heterocycles. The Labute approximate surface area is 96.3 Å². The third kappa shape index (κ3) is 2.31. The van der Waals surface area contributed by atoms with Gasteiger partial charge in [-0.3, -0.25) is 0 Å². The number of hydrogen-bond donors (Lipinski definition) is 0. The van der Waals surface area contributed by atoms with Crippen molar-refractivity contribution >= 4 is 19.2 Å². The van der Waals surface area contributed by atoms with Crippen LogP contribution in [0.25, 0.3) is 11.3 Å². The number of aryl methyl sites for hydroxylation is 1. The third-order valence-corrected chi connectivity index (χ3v) is 4.34. The molecule has 0 N–H and O–H groups in total. The van der Waals surface area contributed by atoms with Crippen molar-refractivity contribution in [3.05, 3.63) is 34.8 Å². The van der Waals surface area contributed by atoms with Gasteiger partial charge in [0.25, 0.3) is 0 Å². The van der Waals surface area contributed by atoms with Gasteiger partial charge in [-0.1, -0.05) is 0 Å². The summed E-state index contributed by atoms with van der Waals surface area (Å²) in [6.07, 6.45) is 0. The Kier molecular flexibility index (Phi) is 2.94. The minimum absolute atomic E-state index is 0.393. The molecule has 0 bridgehead atoms. The van der Waals surface area contributed by atoms with Crippen LogP contribution in [0.5, 0.6) is 0 Å². The molecular weight excluding hydrogens is 251 g/mol. The molecule has 2 nitrogen and oxygen atoms in total. The van der Waals surface area contributed by atoms with Gasteiger partial charge in [0.15, 0.2) is 0 Å². The fourth-order valence-electron chi connectivity index (χ4n) is 1.33. The molecule has 2 rings (SSSR count). The predicted molar refractivity (Wildman–Crippen MR) is 65.7 cm³/mol. The molecular formula is C12H14N2Se. The monoisotopic (exact) mass is 266 g/mol. The van der Waals surface area contributed by atoms with Crippen LogP contribution < -0.4 is 4.90 Å². The van der Waals surface area contributed by atoms with E-state index < -0.39 is 0 Å². The molecule has 0 fully saturated rings. The summed E-state index contributed by atoms with van der Waals surface area (Å²) in [5, 5.41) is 0. The Morgan fingerprint density at radius 3 is 2.33 bits per heavy atom. The van der Waals surface area contributed by atoms with Crippen LogP contribution in [0.1, 0.15) is 5.56 Å². The Balaban J connectivity index is 2.33. The Morgan fingerprint density at radius 2 is 1.80 bits per heavy atom. The summed E-state index contributed by atoms with van der Waals surface area (Å²) >= 11 is 0.393. The number of benzene rings is 1. The predicted octanol–water partition coefficient (Wildman–Crippen LogP) is 2.18. The second kappa shape index (κ2) is 4.21. The molecule has 1 aromatic carbocycles. The number of nitrogens with zero attached hydrogens (tertiary/aromatic N) is 2. The van der Waals surface area contributed by atoms with Gasteiger partial charge in [-0.25, -0.2) is 0 Å². The summed E-state index contributed by atoms with van der Waals surface area (Å²) in [5.41, 5.74) is 3.64. The summed E-state index contributed by atoms with van der Waals surface area (Å²) in [6, 6.07) is 8.54. The van der Waals surface area contributed by atoms with Crippen LogP contribution in [0, 0.1) is 6.92 Å². The van der Waals surface area contributed by atoms with E-state index in [1.54, 1.807) is 0 Å². The van der Waals surface area contributed by atoms with Crippen LogP contribution in [0.3, 0.4) is 0 Å². The van der Waals surface area contributed by atoms with Crippen LogP contribution in [0.2, 0.25) is 0 Å². The average Bonchev–Trinajstić information content (AvgIpc) is 2.68. The fourth-order valence-corrected chi connectivity index (χ4v) is 2.94. The van der Waals surface area contributed by atoms with Gasteiger partial charge in [0.1, 0.15) is 0 Å². The maximum atomic E-state index is 4.62. The first-order valence-corrected chi connectivity index (χ1v) is 6.71. The number of hydrogen-bond acceptors (Lipinski definition) is 2. The summed E-state index contributed by atoms with van der Waals surface area (Å²) in [6.45, 7) is 2.10. The molecule has 0 saturated heterocycles. The molecule has 0 amide bonds. The molecule has 1 heterocycles. The van der Waals surface area contributed by atoms with Gasteiger partial charge >= 0.3 is 96.1 Å². The van der Waals surface area contributed by atoms with E-state index in [-0.39, 0.29) is 0 Å². The summed E-state index contributed by atoms with van der Waals surface area (Å²) in [4.78, 5) is 8.96. The van der Waals surface area contributed by atoms with E-state index in [2.05, 4.69) is 46.0 Å². The first-order chi connectivity index (χ1) is 7.16. The SMILES string of the molecule is Cc1ccc(-c2c[se]c(N(C)C)n2)cc1. The zero-order chi connectivity index (χ0) is 10.8. The normalized spacial score (nSPS) is 10.3. The second-order valence-corrected chi connectivity index (χ2v) is 5.53. The number of aromatic nitrogens is 1. The molecule has 2 aromatic rings. The third-order valence-electron chi connectivity index (χ3n) is 2.22. The summed E-state index contributed by atoms with van der Waals surface area (Å²) < 4.78 is 1.19. The van der Waals surface area contributed by atoms with Gasteiger partial charge < -0.3 is 0 Å². The number of rotatable bonds is 2. The van der Waals surface area contributed by atoms with E-state index in [4.69, 9.17) is 0 Å². The minimum atomic E-state index is 0.393. The molecule has 0 aliphatic heterocycles. The fraction of sp³-hybridized carbons (Fsp3) is 0.250. The standard InChI is InChI=1S/C12H14N2Se/c1-9-4-6-10(7-5-9)11-8-15-12(13-11)14(2)3/h4-8H,1-3H3. The van der Waals surface area contributed by atoms with Crippen molar-refractivity contribution in [3.63, 3.8) is 0 Å². The first-order valence-electron chi connectivity index (χ1n) is 4.87. The van der Waals surface area contributed by atoms with Gasteiger partial charge in [0, 0.05) is 0 Å². The van der Waals surface area contributed by atoms with E-state index in [1.165, 1.54) is 15.8 Å². The van der Waals surface area contributed by atoms with Gasteiger partial charge in [0.05, 0.1) is 0 Å². The molecule has 0 atom stereocenters. The topological polar surface area (TPSA) is 16.1 Å². The van der Waals surface area contributed by atoms with Crippen molar-refractivity contribution in [1.82, 2.24) is 4.98 Å². The van der Waals surface area contributed by atoms with Crippen molar-refractivity contribution in [2.24, 2.45) is 0 Å². The van der Waals surface area contributed by atoms with E-state index >= 15 is 0 Å².